The number of fused-ring (bicyclic) bond motifs is 1. The van der Waals surface area contributed by atoms with Crippen LogP contribution in [-0.2, 0) is 35.3 Å². The number of carbonyl (C=O) groups excluding carboxylic acids is 5. The highest BCUT2D eigenvalue weighted by molar-refractivity contribution is 5.95. The van der Waals surface area contributed by atoms with E-state index in [2.05, 4.69) is 29.8 Å². The number of hydrogen-bond donors (Lipinski definition) is 4. The van der Waals surface area contributed by atoms with Crippen LogP contribution in [0.4, 0.5) is 4.79 Å². The molecule has 2 aliphatic heterocycles. The molecule has 4 fully saturated rings. The van der Waals surface area contributed by atoms with Crippen LogP contribution in [0.25, 0.3) is 0 Å². The lowest BCUT2D eigenvalue weighted by Crippen LogP contribution is -2.61. The lowest BCUT2D eigenvalue weighted by atomic mass is 9.81. The molecular formula is C32H45N5O7. The molecule has 44 heavy (non-hydrogen) atoms. The minimum absolute atomic E-state index is 0.0289. The first-order valence-corrected chi connectivity index (χ1v) is 15.6. The fourth-order valence-electron chi connectivity index (χ4n) is 7.23. The van der Waals surface area contributed by atoms with Gasteiger partial charge in [-0.2, -0.15) is 0 Å². The van der Waals surface area contributed by atoms with E-state index in [0.717, 1.165) is 24.8 Å². The number of amides is 5. The number of nitrogens with two attached hydrogens (primary N) is 1. The first kappa shape index (κ1) is 31.7. The summed E-state index contributed by atoms with van der Waals surface area (Å²) >= 11 is 0. The summed E-state index contributed by atoms with van der Waals surface area (Å²) in [5, 5.41) is 8.22. The standard InChI is InChI=1S/C32H45N5O7/c1-18(44-32(4)12-8-13-32)24(36-30(42)43-17-19-9-6-5-7-10-19)29(41)37-16-21-23(31(21,2)3)25(37)28(40)35-22(26(33)38)15-20-11-14-34-27(20)39/h5-7,9-10,18,20-25H,8,11-17H2,1-4H3,(H2,33,38)(H,34,39)(H,35,40)(H,36,42)/t18-,20+,21+,22+,23+,24+,25+/m1/s1. The van der Waals surface area contributed by atoms with Crippen molar-refractivity contribution in [2.75, 3.05) is 13.1 Å². The number of rotatable bonds is 12. The second kappa shape index (κ2) is 12.4. The van der Waals surface area contributed by atoms with Gasteiger partial charge in [0.1, 0.15) is 24.7 Å². The van der Waals surface area contributed by atoms with E-state index in [1.807, 2.05) is 37.3 Å². The topological polar surface area (TPSA) is 169 Å². The Morgan fingerprint density at radius 3 is 2.41 bits per heavy atom. The zero-order chi connectivity index (χ0) is 31.8. The smallest absolute Gasteiger partial charge is 0.408 e. The van der Waals surface area contributed by atoms with Crippen LogP contribution in [0.3, 0.4) is 0 Å². The van der Waals surface area contributed by atoms with Crippen molar-refractivity contribution >= 4 is 29.7 Å². The van der Waals surface area contributed by atoms with Crippen LogP contribution < -0.4 is 21.7 Å². The molecule has 0 unspecified atom stereocenters. The van der Waals surface area contributed by atoms with Crippen molar-refractivity contribution in [2.45, 2.75) is 96.2 Å². The molecule has 2 aliphatic carbocycles. The third kappa shape index (κ3) is 6.55. The van der Waals surface area contributed by atoms with Crippen LogP contribution in [0.5, 0.6) is 0 Å². The van der Waals surface area contributed by atoms with Crippen molar-refractivity contribution in [1.29, 1.82) is 0 Å². The highest BCUT2D eigenvalue weighted by Gasteiger charge is 2.69. The van der Waals surface area contributed by atoms with Gasteiger partial charge in [-0.05, 0) is 68.8 Å². The molecule has 240 valence electrons. The molecule has 1 aromatic carbocycles. The molecule has 0 radical (unpaired) electrons. The van der Waals surface area contributed by atoms with Crippen LogP contribution in [-0.4, -0.2) is 77.5 Å². The van der Waals surface area contributed by atoms with Crippen molar-refractivity contribution < 1.29 is 33.4 Å². The molecule has 4 aliphatic rings. The number of hydrogen-bond acceptors (Lipinski definition) is 7. The van der Waals surface area contributed by atoms with E-state index in [1.54, 1.807) is 6.92 Å². The summed E-state index contributed by atoms with van der Waals surface area (Å²) < 4.78 is 11.8. The summed E-state index contributed by atoms with van der Waals surface area (Å²) in [4.78, 5) is 67.1. The van der Waals surface area contributed by atoms with Gasteiger partial charge in [-0.15, -0.1) is 0 Å². The summed E-state index contributed by atoms with van der Waals surface area (Å²) in [6.07, 6.45) is 1.88. The number of carbonyl (C=O) groups is 5. The Balaban J connectivity index is 1.33. The summed E-state index contributed by atoms with van der Waals surface area (Å²) in [5.74, 6) is -2.36. The normalized spacial score (nSPS) is 28.0. The van der Waals surface area contributed by atoms with Crippen molar-refractivity contribution in [3.63, 3.8) is 0 Å². The van der Waals surface area contributed by atoms with E-state index >= 15 is 0 Å². The maximum absolute atomic E-state index is 14.3. The zero-order valence-electron chi connectivity index (χ0n) is 26.0. The van der Waals surface area contributed by atoms with Gasteiger partial charge in [-0.3, -0.25) is 19.2 Å². The van der Waals surface area contributed by atoms with Crippen LogP contribution >= 0.6 is 0 Å². The summed E-state index contributed by atoms with van der Waals surface area (Å²) in [6, 6.07) is 6.17. The first-order chi connectivity index (χ1) is 20.8. The third-order valence-corrected chi connectivity index (χ3v) is 10.2. The highest BCUT2D eigenvalue weighted by atomic mass is 16.6. The average molecular weight is 612 g/mol. The SMILES string of the molecule is C[C@@H](OC1(C)CCC1)[C@H](NC(=O)OCc1ccccc1)C(=O)N1C[C@H]2[C@@H]([C@H]1C(=O)N[C@@H](C[C@@H]1CCNC1=O)C(N)=O)C2(C)C. The van der Waals surface area contributed by atoms with Crippen molar-refractivity contribution in [1.82, 2.24) is 20.9 Å². The summed E-state index contributed by atoms with van der Waals surface area (Å²) in [5.41, 5.74) is 5.86. The largest absolute Gasteiger partial charge is 0.445 e. The van der Waals surface area contributed by atoms with Crippen LogP contribution in [0.2, 0.25) is 0 Å². The first-order valence-electron chi connectivity index (χ1n) is 15.6. The van der Waals surface area contributed by atoms with Gasteiger partial charge in [-0.25, -0.2) is 4.79 Å². The molecule has 5 amide bonds. The molecule has 7 atom stereocenters. The Morgan fingerprint density at radius 2 is 1.82 bits per heavy atom. The number of benzene rings is 1. The molecule has 5 rings (SSSR count). The third-order valence-electron chi connectivity index (χ3n) is 10.2. The Bertz CT molecular complexity index is 1280. The van der Waals surface area contributed by atoms with Crippen molar-refractivity contribution in [2.24, 2.45) is 28.9 Å². The minimum Gasteiger partial charge on any atom is -0.445 e. The van der Waals surface area contributed by atoms with Gasteiger partial charge in [-0.1, -0.05) is 44.2 Å². The molecule has 12 heteroatoms. The Morgan fingerprint density at radius 1 is 1.11 bits per heavy atom. The Labute approximate surface area is 258 Å². The number of ether oxygens (including phenoxy) is 2. The summed E-state index contributed by atoms with van der Waals surface area (Å²) in [7, 11) is 0. The fourth-order valence-corrected chi connectivity index (χ4v) is 7.23. The van der Waals surface area contributed by atoms with E-state index in [-0.39, 0.29) is 36.2 Å². The van der Waals surface area contributed by atoms with Gasteiger partial charge in [0.25, 0.3) is 0 Å². The number of primary amides is 1. The minimum atomic E-state index is -1.11. The number of nitrogens with one attached hydrogen (secondary N) is 3. The van der Waals surface area contributed by atoms with Gasteiger partial charge < -0.3 is 36.1 Å². The predicted molar refractivity (Wildman–Crippen MR) is 159 cm³/mol. The molecule has 0 aromatic heterocycles. The summed E-state index contributed by atoms with van der Waals surface area (Å²) in [6.45, 7) is 8.70. The van der Waals surface area contributed by atoms with Gasteiger partial charge >= 0.3 is 6.09 Å². The Hall–Kier alpha value is -3.67. The number of alkyl carbamates (subject to hydrolysis) is 1. The predicted octanol–water partition coefficient (Wildman–Crippen LogP) is 1.61. The maximum atomic E-state index is 14.3. The molecule has 2 saturated heterocycles. The molecule has 2 heterocycles. The number of piperidine rings is 1. The van der Waals surface area contributed by atoms with Crippen molar-refractivity contribution in [3.05, 3.63) is 35.9 Å². The second-order valence-electron chi connectivity index (χ2n) is 13.7. The average Bonchev–Trinajstić information content (AvgIpc) is 3.30. The zero-order valence-corrected chi connectivity index (χ0v) is 26.0. The van der Waals surface area contributed by atoms with Gasteiger partial charge in [0.15, 0.2) is 0 Å². The second-order valence-corrected chi connectivity index (χ2v) is 13.7. The van der Waals surface area contributed by atoms with Gasteiger partial charge in [0, 0.05) is 19.0 Å². The highest BCUT2D eigenvalue weighted by Crippen LogP contribution is 2.65. The van der Waals surface area contributed by atoms with Crippen LogP contribution in [0.15, 0.2) is 30.3 Å². The fraction of sp³-hybridized carbons (Fsp3) is 0.656. The van der Waals surface area contributed by atoms with Crippen LogP contribution in [0.1, 0.15) is 65.4 Å². The van der Waals surface area contributed by atoms with E-state index in [1.165, 1.54) is 4.90 Å². The van der Waals surface area contributed by atoms with E-state index in [9.17, 15) is 24.0 Å². The quantitative estimate of drug-likeness (QED) is 0.278. The molecule has 2 saturated carbocycles. The molecule has 5 N–H and O–H groups in total. The van der Waals surface area contributed by atoms with Crippen LogP contribution in [0, 0.1) is 23.2 Å². The van der Waals surface area contributed by atoms with E-state index in [0.29, 0.717) is 19.5 Å². The Kier molecular flexibility index (Phi) is 8.93. The number of nitrogens with zero attached hydrogens (tertiary/aromatic N) is 1. The molecular weight excluding hydrogens is 566 g/mol. The molecule has 0 spiro atoms. The molecule has 12 nitrogen and oxygen atoms in total. The molecule has 0 bridgehead atoms. The van der Waals surface area contributed by atoms with E-state index < -0.39 is 59.6 Å². The lowest BCUT2D eigenvalue weighted by Gasteiger charge is -2.42. The number of likely N-dealkylation sites (tertiary alicyclic amines) is 1. The van der Waals surface area contributed by atoms with Crippen molar-refractivity contribution in [3.8, 4) is 0 Å². The van der Waals surface area contributed by atoms with E-state index in [4.69, 9.17) is 15.2 Å². The molecule has 1 aromatic rings. The monoisotopic (exact) mass is 611 g/mol. The van der Waals surface area contributed by atoms with Gasteiger partial charge in [0.2, 0.25) is 23.6 Å². The maximum Gasteiger partial charge on any atom is 0.408 e. The van der Waals surface area contributed by atoms with Gasteiger partial charge in [0.05, 0.1) is 11.7 Å². The lowest BCUT2D eigenvalue weighted by molar-refractivity contribution is -0.156.